The third kappa shape index (κ3) is 2.56. The van der Waals surface area contributed by atoms with Gasteiger partial charge in [0.05, 0.1) is 24.0 Å². The molecule has 0 N–H and O–H groups in total. The van der Waals surface area contributed by atoms with Crippen molar-refractivity contribution in [1.29, 1.82) is 0 Å². The Morgan fingerprint density at radius 2 is 2.08 bits per heavy atom. The molecule has 1 atom stereocenters. The number of aromatic nitrogens is 3. The highest BCUT2D eigenvalue weighted by molar-refractivity contribution is 5.95. The molecule has 2 aromatic heterocycles. The molecule has 1 unspecified atom stereocenters. The summed E-state index contributed by atoms with van der Waals surface area (Å²) in [4.78, 5) is 18.6. The standard InChI is InChI=1S/C18H16F2N4O/c1-12-13(10-24-16(22-12)6-8-21-24)17(25)23-9-7-18(20,11-23)14-4-2-3-5-15(14)19/h2-6,8,10H,7,9,11H2,1H3. The largest absolute Gasteiger partial charge is 0.335 e. The average molecular weight is 342 g/mol. The molecule has 7 heteroatoms. The van der Waals surface area contributed by atoms with E-state index in [0.29, 0.717) is 16.9 Å². The van der Waals surface area contributed by atoms with Gasteiger partial charge in [-0.15, -0.1) is 0 Å². The average Bonchev–Trinajstić information content (AvgIpc) is 3.20. The van der Waals surface area contributed by atoms with Crippen LogP contribution in [0.3, 0.4) is 0 Å². The lowest BCUT2D eigenvalue weighted by molar-refractivity contribution is 0.0746. The molecule has 1 aliphatic rings. The van der Waals surface area contributed by atoms with Crippen molar-refractivity contribution in [3.05, 3.63) is 65.4 Å². The molecule has 1 aromatic carbocycles. The summed E-state index contributed by atoms with van der Waals surface area (Å²) in [5.74, 6) is -0.909. The molecular weight excluding hydrogens is 326 g/mol. The second-order valence-electron chi connectivity index (χ2n) is 6.30. The molecule has 0 spiro atoms. The number of amides is 1. The number of carbonyl (C=O) groups is 1. The molecule has 1 amide bonds. The lowest BCUT2D eigenvalue weighted by Gasteiger charge is -2.22. The zero-order valence-corrected chi connectivity index (χ0v) is 13.6. The molecule has 0 radical (unpaired) electrons. The van der Waals surface area contributed by atoms with Gasteiger partial charge in [-0.3, -0.25) is 4.79 Å². The Kier molecular flexibility index (Phi) is 3.52. The van der Waals surface area contributed by atoms with Gasteiger partial charge in [0.1, 0.15) is 5.82 Å². The fourth-order valence-corrected chi connectivity index (χ4v) is 3.31. The van der Waals surface area contributed by atoms with Crippen LogP contribution in [0.4, 0.5) is 8.78 Å². The number of rotatable bonds is 2. The number of carbonyl (C=O) groups excluding carboxylic acids is 1. The summed E-state index contributed by atoms with van der Waals surface area (Å²) in [7, 11) is 0. The van der Waals surface area contributed by atoms with Crippen LogP contribution < -0.4 is 0 Å². The Hall–Kier alpha value is -2.83. The van der Waals surface area contributed by atoms with Gasteiger partial charge in [-0.05, 0) is 13.0 Å². The maximum Gasteiger partial charge on any atom is 0.257 e. The van der Waals surface area contributed by atoms with Gasteiger partial charge in [0.15, 0.2) is 11.3 Å². The summed E-state index contributed by atoms with van der Waals surface area (Å²) in [5.41, 5.74) is -0.309. The third-order valence-electron chi connectivity index (χ3n) is 4.67. The van der Waals surface area contributed by atoms with E-state index >= 15 is 4.39 Å². The molecule has 4 rings (SSSR count). The second kappa shape index (κ2) is 5.61. The number of hydrogen-bond donors (Lipinski definition) is 0. The normalized spacial score (nSPS) is 20.4. The number of alkyl halides is 1. The lowest BCUT2D eigenvalue weighted by Crippen LogP contribution is -2.33. The molecule has 128 valence electrons. The molecule has 3 heterocycles. The summed E-state index contributed by atoms with van der Waals surface area (Å²) < 4.78 is 30.8. The Morgan fingerprint density at radius 3 is 2.88 bits per heavy atom. The molecule has 5 nitrogen and oxygen atoms in total. The first-order valence-electron chi connectivity index (χ1n) is 8.02. The van der Waals surface area contributed by atoms with Crippen molar-refractivity contribution in [3.8, 4) is 0 Å². The first-order valence-corrected chi connectivity index (χ1v) is 8.02. The maximum absolute atomic E-state index is 15.3. The molecule has 1 aliphatic heterocycles. The second-order valence-corrected chi connectivity index (χ2v) is 6.30. The van der Waals surface area contributed by atoms with E-state index in [-0.39, 0.29) is 31.0 Å². The minimum absolute atomic E-state index is 0.00248. The van der Waals surface area contributed by atoms with Crippen molar-refractivity contribution in [2.75, 3.05) is 13.1 Å². The predicted molar refractivity (Wildman–Crippen MR) is 87.4 cm³/mol. The van der Waals surface area contributed by atoms with E-state index in [4.69, 9.17) is 0 Å². The van der Waals surface area contributed by atoms with Gasteiger partial charge in [-0.2, -0.15) is 5.10 Å². The first kappa shape index (κ1) is 15.7. The summed E-state index contributed by atoms with van der Waals surface area (Å²) in [5, 5.41) is 4.08. The number of aryl methyl sites for hydroxylation is 1. The fraction of sp³-hybridized carbons (Fsp3) is 0.278. The van der Waals surface area contributed by atoms with E-state index in [0.717, 1.165) is 0 Å². The zero-order chi connectivity index (χ0) is 17.6. The van der Waals surface area contributed by atoms with E-state index in [1.807, 2.05) is 0 Å². The Bertz CT molecular complexity index is 971. The van der Waals surface area contributed by atoms with Gasteiger partial charge >= 0.3 is 0 Å². The van der Waals surface area contributed by atoms with Gasteiger partial charge in [-0.25, -0.2) is 18.3 Å². The van der Waals surface area contributed by atoms with Crippen LogP contribution in [-0.2, 0) is 5.67 Å². The minimum Gasteiger partial charge on any atom is -0.335 e. The van der Waals surface area contributed by atoms with E-state index in [1.165, 1.54) is 27.6 Å². The monoisotopic (exact) mass is 342 g/mol. The molecule has 0 saturated carbocycles. The van der Waals surface area contributed by atoms with E-state index in [2.05, 4.69) is 10.1 Å². The zero-order valence-electron chi connectivity index (χ0n) is 13.6. The van der Waals surface area contributed by atoms with E-state index in [9.17, 15) is 9.18 Å². The smallest absolute Gasteiger partial charge is 0.257 e. The highest BCUT2D eigenvalue weighted by Crippen LogP contribution is 2.38. The highest BCUT2D eigenvalue weighted by Gasteiger charge is 2.43. The summed E-state index contributed by atoms with van der Waals surface area (Å²) in [6, 6.07) is 7.53. The van der Waals surface area contributed by atoms with Crippen molar-refractivity contribution < 1.29 is 13.6 Å². The Balaban J connectivity index is 1.63. The van der Waals surface area contributed by atoms with E-state index in [1.54, 1.807) is 31.5 Å². The van der Waals surface area contributed by atoms with Crippen molar-refractivity contribution in [2.24, 2.45) is 0 Å². The van der Waals surface area contributed by atoms with Crippen LogP contribution in [0.25, 0.3) is 5.65 Å². The number of hydrogen-bond acceptors (Lipinski definition) is 3. The highest BCUT2D eigenvalue weighted by atomic mass is 19.1. The van der Waals surface area contributed by atoms with Gasteiger partial charge < -0.3 is 4.90 Å². The van der Waals surface area contributed by atoms with Crippen LogP contribution in [-0.4, -0.2) is 38.5 Å². The predicted octanol–water partition coefficient (Wildman–Crippen LogP) is 2.89. The van der Waals surface area contributed by atoms with Crippen molar-refractivity contribution in [1.82, 2.24) is 19.5 Å². The first-order chi connectivity index (χ1) is 12.0. The molecule has 0 bridgehead atoms. The van der Waals surface area contributed by atoms with Crippen LogP contribution in [0.15, 0.2) is 42.7 Å². The van der Waals surface area contributed by atoms with Crippen molar-refractivity contribution in [3.63, 3.8) is 0 Å². The third-order valence-corrected chi connectivity index (χ3v) is 4.67. The SMILES string of the molecule is Cc1nc2ccnn2cc1C(=O)N1CCC(F)(c2ccccc2F)C1. The molecule has 3 aromatic rings. The Labute approximate surface area is 142 Å². The van der Waals surface area contributed by atoms with Crippen LogP contribution in [0.1, 0.15) is 28.0 Å². The van der Waals surface area contributed by atoms with Gasteiger partial charge in [0.25, 0.3) is 5.91 Å². The quantitative estimate of drug-likeness (QED) is 0.720. The number of fused-ring (bicyclic) bond motifs is 1. The molecule has 25 heavy (non-hydrogen) atoms. The molecule has 0 aliphatic carbocycles. The number of benzene rings is 1. The van der Waals surface area contributed by atoms with Crippen LogP contribution in [0, 0.1) is 12.7 Å². The maximum atomic E-state index is 15.3. The van der Waals surface area contributed by atoms with E-state index < -0.39 is 11.5 Å². The fourth-order valence-electron chi connectivity index (χ4n) is 3.31. The topological polar surface area (TPSA) is 50.5 Å². The van der Waals surface area contributed by atoms with Gasteiger partial charge in [0.2, 0.25) is 0 Å². The summed E-state index contributed by atoms with van der Waals surface area (Å²) in [6.45, 7) is 1.78. The lowest BCUT2D eigenvalue weighted by atomic mass is 9.94. The van der Waals surface area contributed by atoms with Crippen molar-refractivity contribution >= 4 is 11.6 Å². The summed E-state index contributed by atoms with van der Waals surface area (Å²) in [6.07, 6.45) is 3.26. The number of nitrogens with zero attached hydrogens (tertiary/aromatic N) is 4. The summed E-state index contributed by atoms with van der Waals surface area (Å²) >= 11 is 0. The van der Waals surface area contributed by atoms with Crippen LogP contribution in [0.5, 0.6) is 0 Å². The number of likely N-dealkylation sites (tertiary alicyclic amines) is 1. The van der Waals surface area contributed by atoms with Gasteiger partial charge in [-0.1, -0.05) is 18.2 Å². The van der Waals surface area contributed by atoms with Crippen molar-refractivity contribution in [2.45, 2.75) is 19.0 Å². The van der Waals surface area contributed by atoms with Gasteiger partial charge in [0, 0.05) is 30.8 Å². The minimum atomic E-state index is -1.88. The van der Waals surface area contributed by atoms with Crippen LogP contribution in [0.2, 0.25) is 0 Å². The molecule has 1 fully saturated rings. The molecule has 1 saturated heterocycles. The Morgan fingerprint density at radius 1 is 1.28 bits per heavy atom. The van der Waals surface area contributed by atoms with Crippen LogP contribution >= 0.6 is 0 Å². The number of halogens is 2. The molecular formula is C18H16F2N4O.